The number of carbonyl (C=O) groups excluding carboxylic acids is 1. The van der Waals surface area contributed by atoms with Gasteiger partial charge in [-0.3, -0.25) is 9.48 Å². The van der Waals surface area contributed by atoms with Crippen molar-refractivity contribution in [3.05, 3.63) is 41.2 Å². The summed E-state index contributed by atoms with van der Waals surface area (Å²) in [6, 6.07) is 6.45. The van der Waals surface area contributed by atoms with Crippen LogP contribution in [-0.2, 0) is 17.1 Å². The molecule has 2 heterocycles. The number of pyridine rings is 1. The van der Waals surface area contributed by atoms with Gasteiger partial charge in [-0.1, -0.05) is 27.7 Å². The number of rotatable bonds is 9. The summed E-state index contributed by atoms with van der Waals surface area (Å²) in [6.07, 6.45) is 0. The molecule has 0 unspecified atom stereocenters. The van der Waals surface area contributed by atoms with E-state index in [1.54, 1.807) is 50.7 Å². The number of benzene rings is 1. The maximum atomic E-state index is 13.4. The maximum Gasteiger partial charge on any atom is 0.256 e. The van der Waals surface area contributed by atoms with Gasteiger partial charge in [0.1, 0.15) is 10.6 Å². The molecule has 0 saturated carbocycles. The van der Waals surface area contributed by atoms with Gasteiger partial charge in [0.05, 0.1) is 23.3 Å². The van der Waals surface area contributed by atoms with Gasteiger partial charge < -0.3 is 10.1 Å². The predicted octanol–water partition coefficient (Wildman–Crippen LogP) is 4.08. The Morgan fingerprint density at radius 1 is 1.18 bits per heavy atom. The lowest BCUT2D eigenvalue weighted by atomic mass is 10.0. The van der Waals surface area contributed by atoms with Gasteiger partial charge in [0.25, 0.3) is 5.91 Å². The molecule has 0 atom stereocenters. The Hall–Kier alpha value is -2.98. The van der Waals surface area contributed by atoms with E-state index in [0.717, 1.165) is 5.69 Å². The minimum absolute atomic E-state index is 0.0242. The van der Waals surface area contributed by atoms with Gasteiger partial charge in [-0.25, -0.2) is 13.4 Å². The summed E-state index contributed by atoms with van der Waals surface area (Å²) in [6.45, 7) is 12.2. The molecular formula is C24H33N5O4S. The van der Waals surface area contributed by atoms with Crippen LogP contribution in [0.5, 0.6) is 5.75 Å². The Kier molecular flexibility index (Phi) is 7.62. The first-order valence-electron chi connectivity index (χ1n) is 11.5. The lowest BCUT2D eigenvalue weighted by molar-refractivity contribution is 0.102. The van der Waals surface area contributed by atoms with Crippen LogP contribution in [0.2, 0.25) is 0 Å². The number of amides is 1. The lowest BCUT2D eigenvalue weighted by Crippen LogP contribution is -2.31. The van der Waals surface area contributed by atoms with Crippen LogP contribution in [0.3, 0.4) is 0 Å². The van der Waals surface area contributed by atoms with Gasteiger partial charge in [-0.05, 0) is 44.0 Å². The zero-order chi connectivity index (χ0) is 25.2. The fourth-order valence-electron chi connectivity index (χ4n) is 3.90. The van der Waals surface area contributed by atoms with E-state index in [9.17, 15) is 13.2 Å². The zero-order valence-electron chi connectivity index (χ0n) is 20.8. The molecule has 3 aromatic rings. The zero-order valence-corrected chi connectivity index (χ0v) is 21.7. The number of nitrogens with one attached hydrogen (secondary N) is 1. The average Bonchev–Trinajstić information content (AvgIpc) is 3.08. The number of ether oxygens (including phenoxy) is 1. The highest BCUT2D eigenvalue weighted by atomic mass is 32.2. The smallest absolute Gasteiger partial charge is 0.256 e. The van der Waals surface area contributed by atoms with E-state index >= 15 is 0 Å². The molecule has 3 rings (SSSR count). The summed E-state index contributed by atoms with van der Waals surface area (Å²) in [5.74, 6) is 0.00657. The van der Waals surface area contributed by atoms with Crippen LogP contribution in [0.15, 0.2) is 29.2 Å². The van der Waals surface area contributed by atoms with E-state index < -0.39 is 10.0 Å². The molecule has 1 aromatic carbocycles. The molecule has 184 valence electrons. The third kappa shape index (κ3) is 4.78. The number of aromatic nitrogens is 3. The molecule has 1 N–H and O–H groups in total. The Bertz CT molecular complexity index is 1310. The van der Waals surface area contributed by atoms with Crippen LogP contribution in [0, 0.1) is 6.92 Å². The van der Waals surface area contributed by atoms with Crippen molar-refractivity contribution in [1.29, 1.82) is 0 Å². The van der Waals surface area contributed by atoms with Crippen molar-refractivity contribution in [3.63, 3.8) is 0 Å². The number of nitrogens with zero attached hydrogens (tertiary/aromatic N) is 4. The van der Waals surface area contributed by atoms with Crippen molar-refractivity contribution in [3.8, 4) is 5.75 Å². The molecule has 2 aromatic heterocycles. The number of hydrogen-bond acceptors (Lipinski definition) is 6. The van der Waals surface area contributed by atoms with Crippen molar-refractivity contribution >= 4 is 32.7 Å². The molecule has 9 nitrogen and oxygen atoms in total. The molecule has 0 bridgehead atoms. The predicted molar refractivity (Wildman–Crippen MR) is 133 cm³/mol. The molecule has 0 fully saturated rings. The van der Waals surface area contributed by atoms with Crippen LogP contribution in [0.25, 0.3) is 11.0 Å². The van der Waals surface area contributed by atoms with Gasteiger partial charge in [0, 0.05) is 31.5 Å². The van der Waals surface area contributed by atoms with E-state index in [0.29, 0.717) is 47.7 Å². The molecule has 0 spiro atoms. The highest BCUT2D eigenvalue weighted by Gasteiger charge is 2.27. The number of carbonyl (C=O) groups is 1. The largest absolute Gasteiger partial charge is 0.492 e. The topological polar surface area (TPSA) is 106 Å². The van der Waals surface area contributed by atoms with Gasteiger partial charge in [0.2, 0.25) is 10.0 Å². The van der Waals surface area contributed by atoms with Gasteiger partial charge in [-0.2, -0.15) is 9.40 Å². The fraction of sp³-hybridized carbons (Fsp3) is 0.458. The van der Waals surface area contributed by atoms with E-state index in [4.69, 9.17) is 4.74 Å². The van der Waals surface area contributed by atoms with Crippen molar-refractivity contribution < 1.29 is 17.9 Å². The van der Waals surface area contributed by atoms with Gasteiger partial charge >= 0.3 is 0 Å². The summed E-state index contributed by atoms with van der Waals surface area (Å²) in [7, 11) is -2.00. The standard InChI is InChI=1S/C24H33N5O4S/c1-8-29(9-2)34(31,32)21-13-17(11-12-20(21)33-10-3)25-24(30)18-14-19(15(4)5)26-23-22(18)16(6)27-28(23)7/h11-15H,8-10H2,1-7H3,(H,25,30). The molecular weight excluding hydrogens is 454 g/mol. The van der Waals surface area contributed by atoms with Crippen molar-refractivity contribution in [2.75, 3.05) is 25.0 Å². The van der Waals surface area contributed by atoms with Gasteiger partial charge in [0.15, 0.2) is 5.65 Å². The first kappa shape index (κ1) is 25.6. The first-order valence-corrected chi connectivity index (χ1v) is 12.9. The van der Waals surface area contributed by atoms with Crippen LogP contribution in [0.4, 0.5) is 5.69 Å². The van der Waals surface area contributed by atoms with E-state index in [2.05, 4.69) is 15.4 Å². The lowest BCUT2D eigenvalue weighted by Gasteiger charge is -2.21. The average molecular weight is 488 g/mol. The van der Waals surface area contributed by atoms with Crippen molar-refractivity contribution in [2.45, 2.75) is 52.4 Å². The third-order valence-electron chi connectivity index (χ3n) is 5.65. The number of anilines is 1. The Morgan fingerprint density at radius 2 is 1.85 bits per heavy atom. The van der Waals surface area contributed by atoms with Crippen LogP contribution >= 0.6 is 0 Å². The van der Waals surface area contributed by atoms with Crippen LogP contribution in [-0.4, -0.2) is 53.1 Å². The molecule has 34 heavy (non-hydrogen) atoms. The number of fused-ring (bicyclic) bond motifs is 1. The summed E-state index contributed by atoms with van der Waals surface area (Å²) in [5, 5.41) is 7.97. The molecule has 0 aliphatic rings. The SMILES string of the molecule is CCOc1ccc(NC(=O)c2cc(C(C)C)nc3c2c(C)nn3C)cc1S(=O)(=O)N(CC)CC. The molecule has 0 aliphatic heterocycles. The first-order chi connectivity index (χ1) is 16.0. The van der Waals surface area contributed by atoms with Crippen molar-refractivity contribution in [2.24, 2.45) is 7.05 Å². The second-order valence-corrected chi connectivity index (χ2v) is 10.2. The molecule has 0 aliphatic carbocycles. The Morgan fingerprint density at radius 3 is 2.44 bits per heavy atom. The Labute approximate surface area is 201 Å². The number of hydrogen-bond donors (Lipinski definition) is 1. The fourth-order valence-corrected chi connectivity index (χ4v) is 5.52. The summed E-state index contributed by atoms with van der Waals surface area (Å²) in [5.41, 5.74) is 2.91. The molecule has 0 saturated heterocycles. The van der Waals surface area contributed by atoms with Crippen LogP contribution < -0.4 is 10.1 Å². The Balaban J connectivity index is 2.09. The minimum atomic E-state index is -3.80. The summed E-state index contributed by atoms with van der Waals surface area (Å²) < 4.78 is 35.1. The highest BCUT2D eigenvalue weighted by molar-refractivity contribution is 7.89. The highest BCUT2D eigenvalue weighted by Crippen LogP contribution is 2.31. The second-order valence-electron chi connectivity index (χ2n) is 8.29. The minimum Gasteiger partial charge on any atom is -0.492 e. The monoisotopic (exact) mass is 487 g/mol. The molecule has 0 radical (unpaired) electrons. The van der Waals surface area contributed by atoms with E-state index in [1.165, 1.54) is 10.4 Å². The number of sulfonamides is 1. The molecule has 10 heteroatoms. The number of aryl methyl sites for hydroxylation is 2. The van der Waals surface area contributed by atoms with E-state index in [-0.39, 0.29) is 22.5 Å². The van der Waals surface area contributed by atoms with E-state index in [1.807, 2.05) is 20.8 Å². The summed E-state index contributed by atoms with van der Waals surface area (Å²) >= 11 is 0. The quantitative estimate of drug-likeness (QED) is 0.487. The van der Waals surface area contributed by atoms with Crippen molar-refractivity contribution in [1.82, 2.24) is 19.1 Å². The third-order valence-corrected chi connectivity index (χ3v) is 7.72. The maximum absolute atomic E-state index is 13.4. The van der Waals surface area contributed by atoms with Gasteiger partial charge in [-0.15, -0.1) is 0 Å². The summed E-state index contributed by atoms with van der Waals surface area (Å²) in [4.78, 5) is 18.1. The molecule has 1 amide bonds. The van der Waals surface area contributed by atoms with Crippen LogP contribution in [0.1, 0.15) is 62.3 Å². The second kappa shape index (κ2) is 10.1. The normalized spacial score (nSPS) is 12.0.